The Labute approximate surface area is 134 Å². The minimum atomic E-state index is 0.650. The van der Waals surface area contributed by atoms with Crippen molar-refractivity contribution in [2.45, 2.75) is 13.0 Å². The molecule has 0 saturated carbocycles. The Bertz CT molecular complexity index is 620. The predicted octanol–water partition coefficient (Wildman–Crippen LogP) is 3.68. The third-order valence-electron chi connectivity index (χ3n) is 3.29. The van der Waals surface area contributed by atoms with Crippen LogP contribution in [0.15, 0.2) is 53.0 Å². The van der Waals surface area contributed by atoms with E-state index in [4.69, 9.17) is 11.0 Å². The molecule has 0 heterocycles. The molecule has 0 fully saturated rings. The number of nitrogens with zero attached hydrogens (tertiary/aromatic N) is 2. The van der Waals surface area contributed by atoms with E-state index in [2.05, 4.69) is 39.0 Å². The SMILES string of the molecule is N#Cc1ccc(N(CCCN)Cc2ccccc2)cc1Br. The van der Waals surface area contributed by atoms with Crippen LogP contribution in [0.25, 0.3) is 0 Å². The summed E-state index contributed by atoms with van der Waals surface area (Å²) in [6.07, 6.45) is 0.935. The van der Waals surface area contributed by atoms with E-state index in [-0.39, 0.29) is 0 Å². The standard InChI is InChI=1S/C17H18BrN3/c18-17-11-16(8-7-15(17)12-20)21(10-4-9-19)13-14-5-2-1-3-6-14/h1-3,5-8,11H,4,9-10,13,19H2. The molecular weight excluding hydrogens is 326 g/mol. The highest BCUT2D eigenvalue weighted by molar-refractivity contribution is 9.10. The van der Waals surface area contributed by atoms with Crippen LogP contribution in [0.4, 0.5) is 5.69 Å². The predicted molar refractivity (Wildman–Crippen MR) is 90.0 cm³/mol. The van der Waals surface area contributed by atoms with Gasteiger partial charge in [-0.15, -0.1) is 0 Å². The molecule has 2 aromatic rings. The van der Waals surface area contributed by atoms with Crippen molar-refractivity contribution in [2.24, 2.45) is 5.73 Å². The molecule has 0 bridgehead atoms. The van der Waals surface area contributed by atoms with Gasteiger partial charge in [0.15, 0.2) is 0 Å². The Morgan fingerprint density at radius 1 is 1.14 bits per heavy atom. The van der Waals surface area contributed by atoms with E-state index in [1.54, 1.807) is 0 Å². The molecular formula is C17H18BrN3. The summed E-state index contributed by atoms with van der Waals surface area (Å²) < 4.78 is 0.827. The molecule has 4 heteroatoms. The van der Waals surface area contributed by atoms with E-state index >= 15 is 0 Å². The van der Waals surface area contributed by atoms with Crippen LogP contribution in [0.3, 0.4) is 0 Å². The summed E-state index contributed by atoms with van der Waals surface area (Å²) in [5.41, 5.74) is 8.65. The molecule has 21 heavy (non-hydrogen) atoms. The minimum absolute atomic E-state index is 0.650. The number of nitriles is 1. The first-order valence-corrected chi connectivity index (χ1v) is 7.72. The maximum atomic E-state index is 9.01. The number of hydrogen-bond donors (Lipinski definition) is 1. The molecule has 2 N–H and O–H groups in total. The molecule has 0 saturated heterocycles. The van der Waals surface area contributed by atoms with Crippen molar-refractivity contribution < 1.29 is 0 Å². The average Bonchev–Trinajstić information content (AvgIpc) is 2.52. The van der Waals surface area contributed by atoms with Crippen LogP contribution in [0.2, 0.25) is 0 Å². The summed E-state index contributed by atoms with van der Waals surface area (Å²) >= 11 is 3.46. The van der Waals surface area contributed by atoms with E-state index in [0.717, 1.165) is 29.7 Å². The molecule has 0 aliphatic carbocycles. The number of nitrogens with two attached hydrogens (primary N) is 1. The fourth-order valence-electron chi connectivity index (χ4n) is 2.18. The summed E-state index contributed by atoms with van der Waals surface area (Å²) in [7, 11) is 0. The van der Waals surface area contributed by atoms with Gasteiger partial charge in [-0.25, -0.2) is 0 Å². The lowest BCUT2D eigenvalue weighted by Crippen LogP contribution is -2.25. The summed E-state index contributed by atoms with van der Waals surface area (Å²) in [5, 5.41) is 9.01. The van der Waals surface area contributed by atoms with Gasteiger partial charge in [-0.3, -0.25) is 0 Å². The summed E-state index contributed by atoms with van der Waals surface area (Å²) in [6.45, 7) is 2.39. The van der Waals surface area contributed by atoms with Gasteiger partial charge in [-0.05, 0) is 52.7 Å². The Balaban J connectivity index is 2.23. The molecule has 108 valence electrons. The second-order valence-electron chi connectivity index (χ2n) is 4.83. The number of rotatable bonds is 6. The van der Waals surface area contributed by atoms with Crippen LogP contribution in [0.1, 0.15) is 17.5 Å². The van der Waals surface area contributed by atoms with Crippen LogP contribution >= 0.6 is 15.9 Å². The minimum Gasteiger partial charge on any atom is -0.367 e. The highest BCUT2D eigenvalue weighted by Gasteiger charge is 2.09. The lowest BCUT2D eigenvalue weighted by atomic mass is 10.1. The Morgan fingerprint density at radius 3 is 2.52 bits per heavy atom. The van der Waals surface area contributed by atoms with Crippen molar-refractivity contribution in [3.63, 3.8) is 0 Å². The first kappa shape index (κ1) is 15.6. The van der Waals surface area contributed by atoms with Crippen molar-refractivity contribution in [1.29, 1.82) is 5.26 Å². The van der Waals surface area contributed by atoms with Crippen LogP contribution in [-0.4, -0.2) is 13.1 Å². The third-order valence-corrected chi connectivity index (χ3v) is 3.94. The van der Waals surface area contributed by atoms with Gasteiger partial charge in [0.05, 0.1) is 5.56 Å². The largest absolute Gasteiger partial charge is 0.367 e. The number of halogens is 1. The van der Waals surface area contributed by atoms with Crippen molar-refractivity contribution in [2.75, 3.05) is 18.0 Å². The van der Waals surface area contributed by atoms with Crippen molar-refractivity contribution in [3.8, 4) is 6.07 Å². The molecule has 0 aliphatic rings. The molecule has 0 radical (unpaired) electrons. The normalized spacial score (nSPS) is 10.1. The highest BCUT2D eigenvalue weighted by Crippen LogP contribution is 2.25. The molecule has 0 spiro atoms. The first-order valence-electron chi connectivity index (χ1n) is 6.93. The quantitative estimate of drug-likeness (QED) is 0.870. The monoisotopic (exact) mass is 343 g/mol. The van der Waals surface area contributed by atoms with E-state index in [1.165, 1.54) is 5.56 Å². The van der Waals surface area contributed by atoms with E-state index in [1.807, 2.05) is 36.4 Å². The van der Waals surface area contributed by atoms with E-state index in [0.29, 0.717) is 12.1 Å². The highest BCUT2D eigenvalue weighted by atomic mass is 79.9. The second-order valence-corrected chi connectivity index (χ2v) is 5.68. The summed E-state index contributed by atoms with van der Waals surface area (Å²) in [6, 6.07) is 18.4. The second kappa shape index (κ2) is 7.82. The fraction of sp³-hybridized carbons (Fsp3) is 0.235. The van der Waals surface area contributed by atoms with Crippen LogP contribution in [0, 0.1) is 11.3 Å². The van der Waals surface area contributed by atoms with Gasteiger partial charge in [-0.1, -0.05) is 30.3 Å². The smallest absolute Gasteiger partial charge is 0.100 e. The van der Waals surface area contributed by atoms with Crippen LogP contribution < -0.4 is 10.6 Å². The lowest BCUT2D eigenvalue weighted by molar-refractivity contribution is 0.735. The lowest BCUT2D eigenvalue weighted by Gasteiger charge is -2.25. The van der Waals surface area contributed by atoms with Gasteiger partial charge in [0.2, 0.25) is 0 Å². The zero-order chi connectivity index (χ0) is 15.1. The third kappa shape index (κ3) is 4.32. The number of anilines is 1. The Kier molecular flexibility index (Phi) is 5.79. The number of benzene rings is 2. The average molecular weight is 344 g/mol. The molecule has 0 unspecified atom stereocenters. The maximum absolute atomic E-state index is 9.01. The van der Waals surface area contributed by atoms with Gasteiger partial charge in [0, 0.05) is 23.2 Å². The maximum Gasteiger partial charge on any atom is 0.100 e. The summed E-state index contributed by atoms with van der Waals surface area (Å²) in [4.78, 5) is 2.29. The summed E-state index contributed by atoms with van der Waals surface area (Å²) in [5.74, 6) is 0. The van der Waals surface area contributed by atoms with Gasteiger partial charge in [0.25, 0.3) is 0 Å². The molecule has 2 rings (SSSR count). The molecule has 0 aliphatic heterocycles. The fourth-order valence-corrected chi connectivity index (χ4v) is 2.63. The van der Waals surface area contributed by atoms with Gasteiger partial charge in [0.1, 0.15) is 6.07 Å². The number of hydrogen-bond acceptors (Lipinski definition) is 3. The zero-order valence-electron chi connectivity index (χ0n) is 11.8. The van der Waals surface area contributed by atoms with Crippen molar-refractivity contribution in [3.05, 3.63) is 64.1 Å². The van der Waals surface area contributed by atoms with Gasteiger partial charge >= 0.3 is 0 Å². The van der Waals surface area contributed by atoms with Crippen molar-refractivity contribution >= 4 is 21.6 Å². The first-order chi connectivity index (χ1) is 10.2. The van der Waals surface area contributed by atoms with Gasteiger partial charge in [-0.2, -0.15) is 5.26 Å². The van der Waals surface area contributed by atoms with E-state index < -0.39 is 0 Å². The molecule has 0 amide bonds. The molecule has 0 aromatic heterocycles. The Morgan fingerprint density at radius 2 is 1.90 bits per heavy atom. The van der Waals surface area contributed by atoms with Crippen molar-refractivity contribution in [1.82, 2.24) is 0 Å². The molecule has 0 atom stereocenters. The molecule has 3 nitrogen and oxygen atoms in total. The molecule has 2 aromatic carbocycles. The van der Waals surface area contributed by atoms with Gasteiger partial charge < -0.3 is 10.6 Å². The topological polar surface area (TPSA) is 53.0 Å². The van der Waals surface area contributed by atoms with Crippen LogP contribution in [-0.2, 0) is 6.54 Å². The van der Waals surface area contributed by atoms with Crippen LogP contribution in [0.5, 0.6) is 0 Å². The van der Waals surface area contributed by atoms with E-state index in [9.17, 15) is 0 Å². The zero-order valence-corrected chi connectivity index (χ0v) is 13.4. The Hall–Kier alpha value is -1.83.